The van der Waals surface area contributed by atoms with Gasteiger partial charge in [-0.2, -0.15) is 0 Å². The third-order valence-electron chi connectivity index (χ3n) is 3.05. The van der Waals surface area contributed by atoms with Gasteiger partial charge in [0, 0.05) is 19.3 Å². The average molecular weight is 269 g/mol. The molecule has 0 radical (unpaired) electrons. The van der Waals surface area contributed by atoms with Gasteiger partial charge in [-0.25, -0.2) is 4.39 Å². The van der Waals surface area contributed by atoms with Gasteiger partial charge in [-0.05, 0) is 24.1 Å². The second kappa shape index (κ2) is 5.61. The number of benzene rings is 1. The molecule has 0 saturated carbocycles. The molecule has 18 heavy (non-hydrogen) atoms. The van der Waals surface area contributed by atoms with Crippen molar-refractivity contribution in [1.29, 1.82) is 0 Å². The van der Waals surface area contributed by atoms with Crippen LogP contribution < -0.4 is 4.74 Å². The van der Waals surface area contributed by atoms with E-state index >= 15 is 0 Å². The molecule has 0 aromatic heterocycles. The van der Waals surface area contributed by atoms with Crippen molar-refractivity contribution in [1.82, 2.24) is 4.90 Å². The minimum atomic E-state index is -0.356. The smallest absolute Gasteiger partial charge is 0.235 e. The number of likely N-dealkylation sites (tertiary alicyclic amines) is 1. The van der Waals surface area contributed by atoms with Crippen LogP contribution in [0.2, 0.25) is 0 Å². The summed E-state index contributed by atoms with van der Waals surface area (Å²) in [6.45, 7) is 0.813. The van der Waals surface area contributed by atoms with Crippen LogP contribution in [0.25, 0.3) is 0 Å². The first kappa shape index (κ1) is 13.2. The summed E-state index contributed by atoms with van der Waals surface area (Å²) in [7, 11) is 3.26. The maximum absolute atomic E-state index is 13.5. The first-order chi connectivity index (χ1) is 8.61. The van der Waals surface area contributed by atoms with Crippen molar-refractivity contribution >= 4 is 17.7 Å². The van der Waals surface area contributed by atoms with Crippen LogP contribution in [0.3, 0.4) is 0 Å². The van der Waals surface area contributed by atoms with Crippen LogP contribution in [0, 0.1) is 5.82 Å². The first-order valence-electron chi connectivity index (χ1n) is 5.81. The second-order valence-electron chi connectivity index (χ2n) is 4.32. The number of amides is 1. The van der Waals surface area contributed by atoms with Crippen molar-refractivity contribution in [3.63, 3.8) is 0 Å². The Kier molecular flexibility index (Phi) is 4.11. The van der Waals surface area contributed by atoms with Crippen LogP contribution in [0.4, 0.5) is 4.39 Å². The van der Waals surface area contributed by atoms with E-state index in [0.717, 1.165) is 18.5 Å². The van der Waals surface area contributed by atoms with Gasteiger partial charge >= 0.3 is 0 Å². The lowest BCUT2D eigenvalue weighted by molar-refractivity contribution is -0.126. The Bertz CT molecular complexity index is 453. The van der Waals surface area contributed by atoms with Crippen molar-refractivity contribution in [3.8, 4) is 5.75 Å². The first-order valence-corrected chi connectivity index (χ1v) is 6.85. The number of ether oxygens (including phenoxy) is 1. The minimum Gasteiger partial charge on any atom is -0.494 e. The Morgan fingerprint density at radius 3 is 2.89 bits per heavy atom. The lowest BCUT2D eigenvalue weighted by Crippen LogP contribution is -2.23. The highest BCUT2D eigenvalue weighted by atomic mass is 32.2. The van der Waals surface area contributed by atoms with Crippen LogP contribution in [0.5, 0.6) is 5.75 Å². The molecule has 1 saturated heterocycles. The van der Waals surface area contributed by atoms with Gasteiger partial charge in [-0.1, -0.05) is 6.07 Å². The second-order valence-corrected chi connectivity index (χ2v) is 5.51. The highest BCUT2D eigenvalue weighted by Crippen LogP contribution is 2.27. The van der Waals surface area contributed by atoms with Crippen LogP contribution in [0.1, 0.15) is 12.0 Å². The van der Waals surface area contributed by atoms with Crippen LogP contribution >= 0.6 is 11.8 Å². The number of rotatable bonds is 4. The molecule has 1 aromatic carbocycles. The van der Waals surface area contributed by atoms with Crippen LogP contribution in [0.15, 0.2) is 18.2 Å². The molecule has 0 unspecified atom stereocenters. The summed E-state index contributed by atoms with van der Waals surface area (Å²) in [5.74, 6) is 0.713. The molecule has 1 fully saturated rings. The number of nitrogens with zero attached hydrogens (tertiary/aromatic N) is 1. The van der Waals surface area contributed by atoms with E-state index in [1.54, 1.807) is 22.7 Å². The molecule has 5 heteroatoms. The van der Waals surface area contributed by atoms with E-state index < -0.39 is 0 Å². The molecule has 0 bridgehead atoms. The molecule has 0 spiro atoms. The van der Waals surface area contributed by atoms with Crippen LogP contribution in [-0.4, -0.2) is 36.8 Å². The standard InChI is InChI=1S/C13H16FNO2S/c1-15-6-5-12(13(15)16)18-8-9-3-4-11(17-2)10(14)7-9/h3-4,7,12H,5-6,8H2,1-2H3/t12-/m0/s1. The molecule has 98 valence electrons. The summed E-state index contributed by atoms with van der Waals surface area (Å²) >= 11 is 1.57. The van der Waals surface area contributed by atoms with E-state index in [1.165, 1.54) is 13.2 Å². The molecular weight excluding hydrogens is 253 g/mol. The number of halogens is 1. The van der Waals surface area contributed by atoms with E-state index in [9.17, 15) is 9.18 Å². The summed E-state index contributed by atoms with van der Waals surface area (Å²) < 4.78 is 18.3. The lowest BCUT2D eigenvalue weighted by atomic mass is 10.2. The number of thioether (sulfide) groups is 1. The zero-order valence-corrected chi connectivity index (χ0v) is 11.3. The van der Waals surface area contributed by atoms with Gasteiger partial charge < -0.3 is 9.64 Å². The van der Waals surface area contributed by atoms with Gasteiger partial charge in [0.2, 0.25) is 5.91 Å². The van der Waals surface area contributed by atoms with Gasteiger partial charge in [0.1, 0.15) is 0 Å². The molecule has 1 aromatic rings. The quantitative estimate of drug-likeness (QED) is 0.840. The monoisotopic (exact) mass is 269 g/mol. The Hall–Kier alpha value is -1.23. The molecule has 3 nitrogen and oxygen atoms in total. The zero-order valence-electron chi connectivity index (χ0n) is 10.5. The average Bonchev–Trinajstić information content (AvgIpc) is 2.68. The maximum atomic E-state index is 13.5. The molecule has 1 amide bonds. The number of hydrogen-bond acceptors (Lipinski definition) is 3. The van der Waals surface area contributed by atoms with E-state index in [2.05, 4.69) is 0 Å². The molecule has 1 aliphatic heterocycles. The number of carbonyl (C=O) groups excluding carboxylic acids is 1. The van der Waals surface area contributed by atoms with Crippen LogP contribution in [-0.2, 0) is 10.5 Å². The van der Waals surface area contributed by atoms with Crippen molar-refractivity contribution < 1.29 is 13.9 Å². The van der Waals surface area contributed by atoms with E-state index in [0.29, 0.717) is 5.75 Å². The van der Waals surface area contributed by atoms with Gasteiger partial charge in [0.05, 0.1) is 12.4 Å². The van der Waals surface area contributed by atoms with E-state index in [-0.39, 0.29) is 22.7 Å². The fraction of sp³-hybridized carbons (Fsp3) is 0.462. The largest absolute Gasteiger partial charge is 0.494 e. The SMILES string of the molecule is COc1ccc(CS[C@H]2CCN(C)C2=O)cc1F. The van der Waals surface area contributed by atoms with Gasteiger partial charge in [0.15, 0.2) is 11.6 Å². The Morgan fingerprint density at radius 1 is 1.56 bits per heavy atom. The molecular formula is C13H16FNO2S. The van der Waals surface area contributed by atoms with Crippen molar-refractivity contribution in [2.24, 2.45) is 0 Å². The summed E-state index contributed by atoms with van der Waals surface area (Å²) in [6.07, 6.45) is 0.874. The summed E-state index contributed by atoms with van der Waals surface area (Å²) in [5.41, 5.74) is 0.876. The Balaban J connectivity index is 1.94. The normalized spacial score (nSPS) is 19.4. The molecule has 0 N–H and O–H groups in total. The number of hydrogen-bond donors (Lipinski definition) is 0. The molecule has 2 rings (SSSR count). The predicted molar refractivity (Wildman–Crippen MR) is 70.3 cm³/mol. The fourth-order valence-electron chi connectivity index (χ4n) is 1.94. The lowest BCUT2D eigenvalue weighted by Gasteiger charge is -2.10. The number of carbonyl (C=O) groups is 1. The van der Waals surface area contributed by atoms with Gasteiger partial charge in [0.25, 0.3) is 0 Å². The minimum absolute atomic E-state index is 0.0140. The third kappa shape index (κ3) is 2.77. The van der Waals surface area contributed by atoms with E-state index in [4.69, 9.17) is 4.74 Å². The topological polar surface area (TPSA) is 29.5 Å². The Morgan fingerprint density at radius 2 is 2.33 bits per heavy atom. The van der Waals surface area contributed by atoms with E-state index in [1.807, 2.05) is 13.1 Å². The van der Waals surface area contributed by atoms with Gasteiger partial charge in [-0.3, -0.25) is 4.79 Å². The predicted octanol–water partition coefficient (Wildman–Crippen LogP) is 2.30. The summed E-state index contributed by atoms with van der Waals surface area (Å²) in [4.78, 5) is 13.4. The summed E-state index contributed by atoms with van der Waals surface area (Å²) in [6, 6.07) is 4.92. The van der Waals surface area contributed by atoms with Crippen molar-refractivity contribution in [2.75, 3.05) is 20.7 Å². The molecule has 1 heterocycles. The highest BCUT2D eigenvalue weighted by molar-refractivity contribution is 7.99. The Labute approximate surface area is 110 Å². The maximum Gasteiger partial charge on any atom is 0.235 e. The van der Waals surface area contributed by atoms with Crippen molar-refractivity contribution in [3.05, 3.63) is 29.6 Å². The fourth-order valence-corrected chi connectivity index (χ4v) is 3.11. The zero-order chi connectivity index (χ0) is 13.1. The molecule has 0 aliphatic carbocycles. The highest BCUT2D eigenvalue weighted by Gasteiger charge is 2.29. The molecule has 1 atom stereocenters. The third-order valence-corrected chi connectivity index (χ3v) is 4.39. The number of methoxy groups -OCH3 is 1. The summed E-state index contributed by atoms with van der Waals surface area (Å²) in [5, 5.41) is 0.0140. The molecule has 1 aliphatic rings. The van der Waals surface area contributed by atoms with Crippen molar-refractivity contribution in [2.45, 2.75) is 17.4 Å². The van der Waals surface area contributed by atoms with Gasteiger partial charge in [-0.15, -0.1) is 11.8 Å².